The number of phenols is 3. The Labute approximate surface area is 761 Å². The molecule has 2 saturated heterocycles. The van der Waals surface area contributed by atoms with Crippen LogP contribution in [0.15, 0.2) is 114 Å². The van der Waals surface area contributed by atoms with E-state index in [-0.39, 0.29) is 87.6 Å². The number of phenolic OH excluding ortho intramolecular Hbond substituents is 3. The molecule has 10 amide bonds. The second-order valence-electron chi connectivity index (χ2n) is 33.5. The zero-order valence-electron chi connectivity index (χ0n) is 70.8. The fourth-order valence-corrected chi connectivity index (χ4v) is 16.3. The number of aliphatic hydroxyl groups is 6. The van der Waals surface area contributed by atoms with Crippen LogP contribution in [0.4, 0.5) is 5.82 Å². The van der Waals surface area contributed by atoms with Crippen LogP contribution in [0.25, 0.3) is 11.1 Å². The average molecular weight is 1890 g/mol. The highest BCUT2D eigenvalue weighted by molar-refractivity contribution is 6.42. The Hall–Kier alpha value is -11.6. The van der Waals surface area contributed by atoms with E-state index in [1.165, 1.54) is 55.1 Å². The zero-order valence-corrected chi connectivity index (χ0v) is 73.9. The van der Waals surface area contributed by atoms with Gasteiger partial charge in [0.15, 0.2) is 30.4 Å². The number of anilines is 1. The molecule has 14 rings (SSSR count). The number of aliphatic hydroxyl groups excluding tert-OH is 6. The number of nitrogens with zero attached hydrogens (tertiary/aromatic N) is 3. The molecule has 8 heterocycles. The molecule has 0 spiro atoms. The number of primary amides is 1. The van der Waals surface area contributed by atoms with E-state index < -0.39 is 260 Å². The molecule has 0 aliphatic carbocycles. The Balaban J connectivity index is 0.999. The molecule has 0 saturated carbocycles. The maximum atomic E-state index is 16.4. The first-order chi connectivity index (χ1) is 61.4. The molecule has 45 heteroatoms. The smallest absolute Gasteiger partial charge is 0.349 e. The van der Waals surface area contributed by atoms with Gasteiger partial charge in [0, 0.05) is 48.4 Å². The van der Waals surface area contributed by atoms with Gasteiger partial charge in [-0.15, -0.1) is 0 Å². The van der Waals surface area contributed by atoms with Gasteiger partial charge in [0.05, 0.1) is 78.9 Å². The van der Waals surface area contributed by atoms with Crippen LogP contribution >= 0.6 is 46.4 Å². The first-order valence-corrected chi connectivity index (χ1v) is 42.3. The number of aromatic hydroxyl groups is 3. The SMILES string of the molecule is CNC(CC(C)C)C(=O)NC1C(=O)NC(CC(N)=O)C(=O)NC2C(=O)NC3C(=O)NC(C(=O)NC(C(=O)NNC(=O)C[N+](C)(C)C)c4cc(O)cc(O)c4-c4cc3ccc4O)C(O)c3ccc(c(Cl)c3)Oc3cc2cc(c3OC2OC(CO)C(O)C(O)C2OC2CC(C)(NCCn3ccc(NC(=O)Cc4ccc(Cl)c(Cl)c4)nc3=O)C(O)C(C)O2)Oc2ccc(cc2Cl)C1O. The fourth-order valence-electron chi connectivity index (χ4n) is 15.5. The number of aromatic nitrogens is 2. The van der Waals surface area contributed by atoms with E-state index >= 15 is 24.0 Å². The number of rotatable bonds is 22. The minimum atomic E-state index is -2.42. The lowest BCUT2D eigenvalue weighted by Gasteiger charge is -2.48. The molecule has 22 N–H and O–H groups in total. The van der Waals surface area contributed by atoms with Crippen molar-refractivity contribution in [2.45, 2.75) is 169 Å². The van der Waals surface area contributed by atoms with E-state index in [0.717, 1.165) is 66.7 Å². The fraction of sp³-hybridized carbons (Fsp3) is 0.412. The minimum absolute atomic E-state index is 0.0474. The molecule has 1 aromatic heterocycles. The lowest BCUT2D eigenvalue weighted by atomic mass is 9.85. The molecule has 7 aliphatic heterocycles. The molecule has 7 aliphatic rings. The van der Waals surface area contributed by atoms with Crippen molar-refractivity contribution in [1.82, 2.24) is 62.9 Å². The van der Waals surface area contributed by atoms with Crippen molar-refractivity contribution < 1.29 is 127 Å². The first kappa shape index (κ1) is 97.4. The third-order valence-corrected chi connectivity index (χ3v) is 23.4. The van der Waals surface area contributed by atoms with Gasteiger partial charge in [-0.25, -0.2) is 4.79 Å². The van der Waals surface area contributed by atoms with Gasteiger partial charge in [0.1, 0.15) is 101 Å². The third-order valence-electron chi connectivity index (χ3n) is 22.1. The molecule has 11 bridgehead atoms. The molecule has 18 unspecified atom stereocenters. The van der Waals surface area contributed by atoms with Crippen LogP contribution in [0, 0.1) is 5.92 Å². The molecule has 41 nitrogen and oxygen atoms in total. The Morgan fingerprint density at radius 1 is 0.685 bits per heavy atom. The van der Waals surface area contributed by atoms with Crippen LogP contribution in [-0.4, -0.2) is 246 Å². The van der Waals surface area contributed by atoms with Gasteiger partial charge in [-0.05, 0) is 139 Å². The van der Waals surface area contributed by atoms with Crippen molar-refractivity contribution in [3.8, 4) is 57.1 Å². The summed E-state index contributed by atoms with van der Waals surface area (Å²) in [5.74, 6) is -17.3. The van der Waals surface area contributed by atoms with Crippen molar-refractivity contribution in [1.29, 1.82) is 0 Å². The number of ether oxygens (including phenoxy) is 6. The van der Waals surface area contributed by atoms with Crippen molar-refractivity contribution in [2.24, 2.45) is 11.7 Å². The third kappa shape index (κ3) is 22.7. The standard InChI is InChI=1S/C85H97Cl4N15O26/c1-35(2)21-49(91-5)76(117)99-67-69(112)39-11-15-53(47(88)25-39)126-55-27-41-28-56(73(55)130-83-74(72(115)71(114)57(34-105)128-83)129-62-32-85(4,75(116)36(3)125-62)92-18-20-103-19-17-59(95-84(103)124)94-60(110)23-37-9-13-45(86)46(87)22-37)127-54-16-12-40(26-48(54)89)70(113)68-81(122)98-66(82(123)102-101-61(111)33-104(6,7)8)44-29-42(106)30-52(108)63(44)43-24-38(10-14-51(43)107)64(78(119)100-68)97-79(120)65(41)96-77(118)50(31-58(90)109)93-80(67)121/h9-17,19,22,24-30,35-36,49-50,57,62,64-72,74-75,83,91-92,105,112-116H,18,20-21,23,31-34H2,1-8H3,(H13-,90,93,94,95,96,97,98,99,100,101,102,106,107,108,109,110,111,117,118,119,120,121,122,123,124)/p+1. The van der Waals surface area contributed by atoms with Gasteiger partial charge in [0.25, 0.3) is 11.8 Å². The highest BCUT2D eigenvalue weighted by atomic mass is 35.5. The molecule has 696 valence electrons. The Morgan fingerprint density at radius 2 is 1.33 bits per heavy atom. The van der Waals surface area contributed by atoms with E-state index in [2.05, 4.69) is 63.7 Å². The molecule has 0 radical (unpaired) electrons. The molecule has 6 aromatic carbocycles. The summed E-state index contributed by atoms with van der Waals surface area (Å²) in [6.07, 6.45) is -18.5. The average Bonchev–Trinajstić information content (AvgIpc) is 0.755. The van der Waals surface area contributed by atoms with Crippen LogP contribution in [-0.2, 0) is 75.1 Å². The number of likely N-dealkylation sites (N-methyl/N-ethyl adjacent to an activating group) is 2. The number of quaternary nitrogens is 1. The Bertz CT molecular complexity index is 5600. The number of carbonyl (C=O) groups is 10. The molecule has 18 atom stereocenters. The summed E-state index contributed by atoms with van der Waals surface area (Å²) in [4.78, 5) is 164. The number of halogens is 4. The van der Waals surface area contributed by atoms with Crippen LogP contribution in [0.2, 0.25) is 20.1 Å². The number of nitrogens with one attached hydrogen (secondary N) is 11. The zero-order chi connectivity index (χ0) is 94.6. The second kappa shape index (κ2) is 40.8. The molecule has 130 heavy (non-hydrogen) atoms. The van der Waals surface area contributed by atoms with Crippen molar-refractivity contribution >= 4 is 111 Å². The van der Waals surface area contributed by atoms with E-state index in [0.29, 0.717) is 5.56 Å². The second-order valence-corrected chi connectivity index (χ2v) is 35.1. The molecular formula is C85H98Cl4N15O26+. The van der Waals surface area contributed by atoms with Crippen LogP contribution < -0.4 is 84.3 Å². The van der Waals surface area contributed by atoms with E-state index in [9.17, 15) is 74.7 Å². The maximum absolute atomic E-state index is 16.4. The Morgan fingerprint density at radius 3 is 1.95 bits per heavy atom. The summed E-state index contributed by atoms with van der Waals surface area (Å²) >= 11 is 26.6. The summed E-state index contributed by atoms with van der Waals surface area (Å²) < 4.78 is 40.7. The van der Waals surface area contributed by atoms with E-state index in [1.807, 2.05) is 13.8 Å². The van der Waals surface area contributed by atoms with Gasteiger partial charge in [-0.1, -0.05) is 84.5 Å². The normalized spacial score (nSPS) is 25.5. The van der Waals surface area contributed by atoms with Crippen LogP contribution in [0.1, 0.15) is 111 Å². The maximum Gasteiger partial charge on any atom is 0.349 e. The van der Waals surface area contributed by atoms with Gasteiger partial charge in [-0.3, -0.25) is 63.4 Å². The number of carbonyl (C=O) groups excluding carboxylic acids is 10. The van der Waals surface area contributed by atoms with Crippen LogP contribution in [0.5, 0.6) is 46.0 Å². The minimum Gasteiger partial charge on any atom is -0.508 e. The summed E-state index contributed by atoms with van der Waals surface area (Å²) in [5.41, 5.74) is 5.69. The molecular weight excluding hydrogens is 1790 g/mol. The quantitative estimate of drug-likeness (QED) is 0.0335. The molecule has 2 fully saturated rings. The number of benzene rings is 6. The number of fused-ring (bicyclic) bond motifs is 15. The summed E-state index contributed by atoms with van der Waals surface area (Å²) in [6.45, 7) is 5.32. The monoisotopic (exact) mass is 1880 g/mol. The van der Waals surface area contributed by atoms with Crippen molar-refractivity contribution in [2.75, 3.05) is 53.2 Å². The first-order valence-electron chi connectivity index (χ1n) is 40.8. The van der Waals surface area contributed by atoms with Crippen LogP contribution in [0.3, 0.4) is 0 Å². The predicted octanol–water partition coefficient (Wildman–Crippen LogP) is 1.25. The highest BCUT2D eigenvalue weighted by Gasteiger charge is 2.52. The van der Waals surface area contributed by atoms with Gasteiger partial charge in [-0.2, -0.15) is 4.98 Å². The van der Waals surface area contributed by atoms with E-state index in [1.54, 1.807) is 34.1 Å². The number of hydrogen-bond acceptors (Lipinski definition) is 29. The van der Waals surface area contributed by atoms with Gasteiger partial charge < -0.3 is 132 Å². The van der Waals surface area contributed by atoms with Crippen molar-refractivity contribution in [3.63, 3.8) is 0 Å². The number of hydrogen-bond donors (Lipinski definition) is 21. The predicted molar refractivity (Wildman–Crippen MR) is 462 cm³/mol. The number of hydrazine groups is 1. The number of nitrogens with two attached hydrogens (primary N) is 1. The lowest BCUT2D eigenvalue weighted by molar-refractivity contribution is -0.862. The van der Waals surface area contributed by atoms with Crippen molar-refractivity contribution in [3.05, 3.63) is 173 Å². The largest absolute Gasteiger partial charge is 0.508 e. The summed E-state index contributed by atoms with van der Waals surface area (Å²) in [6, 6.07) is 5.13. The molecule has 7 aromatic rings. The number of amides is 10. The van der Waals surface area contributed by atoms with Gasteiger partial charge >= 0.3 is 5.69 Å². The summed E-state index contributed by atoms with van der Waals surface area (Å²) in [5, 5.41) is 130. The Kier molecular flexibility index (Phi) is 30.6. The summed E-state index contributed by atoms with van der Waals surface area (Å²) in [7, 11) is 6.45. The lowest BCUT2D eigenvalue weighted by Crippen LogP contribution is -2.65. The topological polar surface area (TPSA) is 601 Å². The highest BCUT2D eigenvalue weighted by Crippen LogP contribution is 2.50. The van der Waals surface area contributed by atoms with Gasteiger partial charge in [0.2, 0.25) is 59.3 Å². The van der Waals surface area contributed by atoms with E-state index in [4.69, 9.17) is 80.6 Å².